The Bertz CT molecular complexity index is 746. The first-order valence-electron chi connectivity index (χ1n) is 5.85. The molecule has 0 atom stereocenters. The zero-order valence-corrected chi connectivity index (χ0v) is 11.5. The van der Waals surface area contributed by atoms with Gasteiger partial charge in [0.05, 0.1) is 5.69 Å². The second-order valence-electron chi connectivity index (χ2n) is 4.42. The molecule has 3 N–H and O–H groups in total. The summed E-state index contributed by atoms with van der Waals surface area (Å²) in [5.74, 6) is -1.75. The van der Waals surface area contributed by atoms with Crippen LogP contribution in [0, 0.1) is 0 Å². The number of aromatic nitrogens is 4. The topological polar surface area (TPSA) is 108 Å². The first-order chi connectivity index (χ1) is 10.1. The van der Waals surface area contributed by atoms with Crippen molar-refractivity contribution in [1.29, 1.82) is 0 Å². The van der Waals surface area contributed by atoms with Crippen molar-refractivity contribution in [2.75, 3.05) is 5.32 Å². The summed E-state index contributed by atoms with van der Waals surface area (Å²) in [5, 5.41) is 9.26. The van der Waals surface area contributed by atoms with Gasteiger partial charge in [0.1, 0.15) is 5.69 Å². The molecule has 0 radical (unpaired) electrons. The number of carbonyl (C=O) groups excluding carboxylic acids is 2. The van der Waals surface area contributed by atoms with Gasteiger partial charge >= 0.3 is 6.18 Å². The van der Waals surface area contributed by atoms with E-state index in [-0.39, 0.29) is 17.1 Å². The van der Waals surface area contributed by atoms with E-state index in [9.17, 15) is 22.8 Å². The third kappa shape index (κ3) is 2.92. The highest BCUT2D eigenvalue weighted by molar-refractivity contribution is 6.07. The molecule has 0 aromatic carbocycles. The van der Waals surface area contributed by atoms with Crippen molar-refractivity contribution in [1.82, 2.24) is 19.6 Å². The average Bonchev–Trinajstić information content (AvgIpc) is 2.92. The fourth-order valence-corrected chi connectivity index (χ4v) is 1.77. The Labute approximate surface area is 121 Å². The van der Waals surface area contributed by atoms with Gasteiger partial charge < -0.3 is 11.1 Å². The summed E-state index contributed by atoms with van der Waals surface area (Å²) in [7, 11) is 2.69. The Balaban J connectivity index is 2.31. The first kappa shape index (κ1) is 15.5. The van der Waals surface area contributed by atoms with Crippen LogP contribution in [0.3, 0.4) is 0 Å². The van der Waals surface area contributed by atoms with E-state index in [2.05, 4.69) is 15.5 Å². The molecular formula is C11H11F3N6O2. The number of primary amides is 1. The largest absolute Gasteiger partial charge is 0.435 e. The fourth-order valence-electron chi connectivity index (χ4n) is 1.77. The number of amides is 2. The molecule has 11 heteroatoms. The van der Waals surface area contributed by atoms with Gasteiger partial charge in [-0.15, -0.1) is 0 Å². The molecular weight excluding hydrogens is 305 g/mol. The molecule has 0 saturated heterocycles. The Kier molecular flexibility index (Phi) is 3.65. The van der Waals surface area contributed by atoms with Gasteiger partial charge in [-0.2, -0.15) is 23.4 Å². The second kappa shape index (κ2) is 5.16. The number of hydrogen-bond acceptors (Lipinski definition) is 4. The van der Waals surface area contributed by atoms with Crippen LogP contribution in [0.15, 0.2) is 12.3 Å². The third-order valence-electron chi connectivity index (χ3n) is 2.71. The van der Waals surface area contributed by atoms with Crippen molar-refractivity contribution in [2.45, 2.75) is 6.18 Å². The van der Waals surface area contributed by atoms with Crippen LogP contribution >= 0.6 is 0 Å². The fraction of sp³-hybridized carbons (Fsp3) is 0.273. The van der Waals surface area contributed by atoms with Crippen LogP contribution in [0.1, 0.15) is 26.7 Å². The molecule has 0 aliphatic rings. The van der Waals surface area contributed by atoms with Crippen molar-refractivity contribution in [3.8, 4) is 0 Å². The molecule has 0 aliphatic heterocycles. The minimum absolute atomic E-state index is 0.00485. The van der Waals surface area contributed by atoms with Crippen LogP contribution in [0.4, 0.5) is 18.9 Å². The summed E-state index contributed by atoms with van der Waals surface area (Å²) >= 11 is 0. The minimum Gasteiger partial charge on any atom is -0.364 e. The molecule has 8 nitrogen and oxygen atoms in total. The van der Waals surface area contributed by atoms with E-state index in [1.807, 2.05) is 0 Å². The summed E-state index contributed by atoms with van der Waals surface area (Å²) in [4.78, 5) is 23.2. The van der Waals surface area contributed by atoms with E-state index < -0.39 is 23.7 Å². The molecule has 0 saturated carbocycles. The number of hydrogen-bond donors (Lipinski definition) is 2. The summed E-state index contributed by atoms with van der Waals surface area (Å²) in [6.07, 6.45) is -3.36. The van der Waals surface area contributed by atoms with E-state index in [0.717, 1.165) is 4.68 Å². The minimum atomic E-state index is -4.66. The van der Waals surface area contributed by atoms with Gasteiger partial charge in [-0.05, 0) is 0 Å². The van der Waals surface area contributed by atoms with Crippen molar-refractivity contribution in [2.24, 2.45) is 19.8 Å². The zero-order chi connectivity index (χ0) is 16.7. The lowest BCUT2D eigenvalue weighted by molar-refractivity contribution is -0.141. The summed E-state index contributed by atoms with van der Waals surface area (Å²) < 4.78 is 39.7. The van der Waals surface area contributed by atoms with E-state index in [1.54, 1.807) is 0 Å². The lowest BCUT2D eigenvalue weighted by atomic mass is 10.3. The Morgan fingerprint density at radius 1 is 1.27 bits per heavy atom. The lowest BCUT2D eigenvalue weighted by Gasteiger charge is -2.03. The van der Waals surface area contributed by atoms with Crippen molar-refractivity contribution in [3.05, 3.63) is 29.3 Å². The van der Waals surface area contributed by atoms with Crippen LogP contribution in [-0.4, -0.2) is 31.4 Å². The number of nitrogens with zero attached hydrogens (tertiary/aromatic N) is 4. The van der Waals surface area contributed by atoms with Crippen LogP contribution < -0.4 is 11.1 Å². The SMILES string of the molecule is Cn1cc(NC(=O)c2cc(C(F)(F)F)nn2C)c(C(N)=O)n1. The summed E-state index contributed by atoms with van der Waals surface area (Å²) in [5.41, 5.74) is 3.38. The number of carbonyl (C=O) groups is 2. The van der Waals surface area contributed by atoms with E-state index in [0.29, 0.717) is 6.07 Å². The summed E-state index contributed by atoms with van der Waals surface area (Å²) in [6, 6.07) is 0.607. The molecule has 118 valence electrons. The molecule has 2 amide bonds. The molecule has 0 unspecified atom stereocenters. The Hall–Kier alpha value is -2.85. The number of rotatable bonds is 3. The Morgan fingerprint density at radius 3 is 2.41 bits per heavy atom. The maximum atomic E-state index is 12.6. The molecule has 0 aliphatic carbocycles. The predicted octanol–water partition coefficient (Wildman–Crippen LogP) is 0.524. The zero-order valence-electron chi connectivity index (χ0n) is 11.5. The van der Waals surface area contributed by atoms with Crippen LogP contribution in [0.2, 0.25) is 0 Å². The lowest BCUT2D eigenvalue weighted by Crippen LogP contribution is -2.19. The molecule has 2 heterocycles. The number of halogens is 3. The molecule has 0 fully saturated rings. The second-order valence-corrected chi connectivity index (χ2v) is 4.42. The maximum Gasteiger partial charge on any atom is 0.435 e. The van der Waals surface area contributed by atoms with Gasteiger partial charge in [-0.1, -0.05) is 0 Å². The normalized spacial score (nSPS) is 11.5. The van der Waals surface area contributed by atoms with E-state index >= 15 is 0 Å². The molecule has 0 spiro atoms. The quantitative estimate of drug-likeness (QED) is 0.860. The molecule has 2 aromatic heterocycles. The van der Waals surface area contributed by atoms with E-state index in [1.165, 1.54) is 25.0 Å². The maximum absolute atomic E-state index is 12.6. The van der Waals surface area contributed by atoms with Gasteiger partial charge in [-0.3, -0.25) is 19.0 Å². The number of nitrogens with one attached hydrogen (secondary N) is 1. The smallest absolute Gasteiger partial charge is 0.364 e. The van der Waals surface area contributed by atoms with Crippen LogP contribution in [0.25, 0.3) is 0 Å². The molecule has 22 heavy (non-hydrogen) atoms. The highest BCUT2D eigenvalue weighted by atomic mass is 19.4. The first-order valence-corrected chi connectivity index (χ1v) is 5.85. The van der Waals surface area contributed by atoms with Gasteiger partial charge in [0, 0.05) is 26.4 Å². The van der Waals surface area contributed by atoms with Gasteiger partial charge in [-0.25, -0.2) is 0 Å². The molecule has 0 bridgehead atoms. The van der Waals surface area contributed by atoms with Gasteiger partial charge in [0.25, 0.3) is 11.8 Å². The number of anilines is 1. The number of alkyl halides is 3. The highest BCUT2D eigenvalue weighted by Gasteiger charge is 2.35. The molecule has 2 aromatic rings. The Morgan fingerprint density at radius 2 is 1.91 bits per heavy atom. The van der Waals surface area contributed by atoms with Crippen molar-refractivity contribution < 1.29 is 22.8 Å². The van der Waals surface area contributed by atoms with Gasteiger partial charge in [0.2, 0.25) is 0 Å². The summed E-state index contributed by atoms with van der Waals surface area (Å²) in [6.45, 7) is 0. The van der Waals surface area contributed by atoms with Crippen molar-refractivity contribution >= 4 is 17.5 Å². The standard InChI is InChI=1S/C11H11F3N6O2/c1-19-4-5(8(18-19)9(15)21)16-10(22)6-3-7(11(12,13)14)17-20(6)2/h3-4H,1-2H3,(H2,15,21)(H,16,22). The van der Waals surface area contributed by atoms with Crippen molar-refractivity contribution in [3.63, 3.8) is 0 Å². The monoisotopic (exact) mass is 316 g/mol. The third-order valence-corrected chi connectivity index (χ3v) is 2.71. The van der Waals surface area contributed by atoms with Crippen LogP contribution in [-0.2, 0) is 20.3 Å². The van der Waals surface area contributed by atoms with Gasteiger partial charge in [0.15, 0.2) is 11.4 Å². The number of aryl methyl sites for hydroxylation is 2. The average molecular weight is 316 g/mol. The van der Waals surface area contributed by atoms with E-state index in [4.69, 9.17) is 5.73 Å². The van der Waals surface area contributed by atoms with Crippen LogP contribution in [0.5, 0.6) is 0 Å². The highest BCUT2D eigenvalue weighted by Crippen LogP contribution is 2.28. The molecule has 2 rings (SSSR count). The number of nitrogens with two attached hydrogens (primary N) is 1. The predicted molar refractivity (Wildman–Crippen MR) is 67.9 cm³/mol.